The molecule has 20 heavy (non-hydrogen) atoms. The van der Waals surface area contributed by atoms with Gasteiger partial charge in [-0.25, -0.2) is 0 Å². The molecule has 4 heteroatoms. The van der Waals surface area contributed by atoms with Gasteiger partial charge >= 0.3 is 0 Å². The van der Waals surface area contributed by atoms with E-state index in [0.717, 1.165) is 5.56 Å². The molecule has 3 nitrogen and oxygen atoms in total. The monoisotopic (exact) mass is 284 g/mol. The third-order valence-corrected chi connectivity index (χ3v) is 3.34. The largest absolute Gasteiger partial charge is 0.345 e. The summed E-state index contributed by atoms with van der Waals surface area (Å²) in [5.74, 6) is -0.193. The molecule has 1 atom stereocenters. The van der Waals surface area contributed by atoms with Gasteiger partial charge in [0.05, 0.1) is 17.7 Å². The first-order valence-corrected chi connectivity index (χ1v) is 6.55. The van der Waals surface area contributed by atoms with Crippen LogP contribution in [-0.2, 0) is 0 Å². The van der Waals surface area contributed by atoms with Crippen LogP contribution in [0, 0.1) is 11.3 Å². The number of nitriles is 1. The minimum atomic E-state index is -0.193. The highest BCUT2D eigenvalue weighted by Gasteiger charge is 2.13. The molecular weight excluding hydrogens is 272 g/mol. The molecule has 0 radical (unpaired) electrons. The topological polar surface area (TPSA) is 52.9 Å². The lowest BCUT2D eigenvalue weighted by atomic mass is 10.1. The predicted octanol–water partition coefficient (Wildman–Crippen LogP) is 3.70. The Balaban J connectivity index is 2.11. The van der Waals surface area contributed by atoms with Crippen LogP contribution in [0.1, 0.15) is 34.5 Å². The summed E-state index contributed by atoms with van der Waals surface area (Å²) in [6.45, 7) is 1.88. The third kappa shape index (κ3) is 3.17. The molecule has 0 aliphatic heterocycles. The molecule has 0 aromatic heterocycles. The van der Waals surface area contributed by atoms with E-state index in [1.54, 1.807) is 30.3 Å². The third-order valence-electron chi connectivity index (χ3n) is 3.00. The van der Waals surface area contributed by atoms with Crippen molar-refractivity contribution in [3.63, 3.8) is 0 Å². The first-order chi connectivity index (χ1) is 9.61. The molecule has 0 bridgehead atoms. The second-order valence-electron chi connectivity index (χ2n) is 4.41. The summed E-state index contributed by atoms with van der Waals surface area (Å²) < 4.78 is 0. The van der Waals surface area contributed by atoms with Crippen molar-refractivity contribution < 1.29 is 4.79 Å². The lowest BCUT2D eigenvalue weighted by Gasteiger charge is -2.15. The van der Waals surface area contributed by atoms with Crippen LogP contribution in [0.2, 0.25) is 5.02 Å². The summed E-state index contributed by atoms with van der Waals surface area (Å²) in [4.78, 5) is 12.1. The lowest BCUT2D eigenvalue weighted by Crippen LogP contribution is -2.26. The van der Waals surface area contributed by atoms with Gasteiger partial charge in [-0.15, -0.1) is 0 Å². The Morgan fingerprint density at radius 2 is 1.85 bits per heavy atom. The predicted molar refractivity (Wildman–Crippen MR) is 78.5 cm³/mol. The summed E-state index contributed by atoms with van der Waals surface area (Å²) >= 11 is 6.10. The van der Waals surface area contributed by atoms with Crippen LogP contribution in [-0.4, -0.2) is 5.91 Å². The van der Waals surface area contributed by atoms with Gasteiger partial charge in [0.1, 0.15) is 0 Å². The van der Waals surface area contributed by atoms with E-state index in [2.05, 4.69) is 5.32 Å². The molecule has 2 aromatic rings. The fourth-order valence-corrected chi connectivity index (χ4v) is 2.18. The minimum Gasteiger partial charge on any atom is -0.345 e. The van der Waals surface area contributed by atoms with Gasteiger partial charge in [-0.1, -0.05) is 29.8 Å². The number of carbonyl (C=O) groups excluding carboxylic acids is 1. The molecule has 0 heterocycles. The maximum Gasteiger partial charge on any atom is 0.251 e. The fraction of sp³-hybridized carbons (Fsp3) is 0.125. The molecule has 0 saturated heterocycles. The fourth-order valence-electron chi connectivity index (χ4n) is 1.88. The van der Waals surface area contributed by atoms with E-state index >= 15 is 0 Å². The van der Waals surface area contributed by atoms with Gasteiger partial charge in [-0.3, -0.25) is 4.79 Å². The average Bonchev–Trinajstić information content (AvgIpc) is 2.47. The zero-order valence-electron chi connectivity index (χ0n) is 10.9. The Morgan fingerprint density at radius 1 is 1.20 bits per heavy atom. The SMILES string of the molecule is C[C@@H](NC(=O)c1ccc(C#N)cc1)c1ccccc1Cl. The Morgan fingerprint density at radius 3 is 2.45 bits per heavy atom. The molecule has 2 aromatic carbocycles. The highest BCUT2D eigenvalue weighted by molar-refractivity contribution is 6.31. The summed E-state index contributed by atoms with van der Waals surface area (Å²) in [7, 11) is 0. The van der Waals surface area contributed by atoms with E-state index in [1.807, 2.05) is 31.2 Å². The van der Waals surface area contributed by atoms with Gasteiger partial charge in [0.2, 0.25) is 0 Å². The van der Waals surface area contributed by atoms with Crippen molar-refractivity contribution in [1.29, 1.82) is 5.26 Å². The van der Waals surface area contributed by atoms with Crippen molar-refractivity contribution in [2.24, 2.45) is 0 Å². The molecule has 0 aliphatic rings. The van der Waals surface area contributed by atoms with Gasteiger partial charge in [-0.05, 0) is 42.8 Å². The number of halogens is 1. The van der Waals surface area contributed by atoms with Gasteiger partial charge in [0, 0.05) is 10.6 Å². The number of hydrogen-bond acceptors (Lipinski definition) is 2. The number of rotatable bonds is 3. The Labute approximate surface area is 122 Å². The molecule has 0 spiro atoms. The molecule has 0 unspecified atom stereocenters. The Hall–Kier alpha value is -2.31. The number of nitrogens with zero attached hydrogens (tertiary/aromatic N) is 1. The number of nitrogens with one attached hydrogen (secondary N) is 1. The van der Waals surface area contributed by atoms with Crippen molar-refractivity contribution in [2.75, 3.05) is 0 Å². The Bertz CT molecular complexity index is 659. The first-order valence-electron chi connectivity index (χ1n) is 6.17. The molecular formula is C16H13ClN2O. The zero-order valence-corrected chi connectivity index (χ0v) is 11.7. The van der Waals surface area contributed by atoms with E-state index in [9.17, 15) is 4.79 Å². The van der Waals surface area contributed by atoms with Crippen LogP contribution in [0.4, 0.5) is 0 Å². The maximum atomic E-state index is 12.1. The summed E-state index contributed by atoms with van der Waals surface area (Å²) in [6, 6.07) is 15.7. The normalized spacial score (nSPS) is 11.4. The molecule has 0 saturated carbocycles. The van der Waals surface area contributed by atoms with Gasteiger partial charge in [0.15, 0.2) is 0 Å². The number of amides is 1. The number of benzene rings is 2. The van der Waals surface area contributed by atoms with Crippen molar-refractivity contribution in [3.8, 4) is 6.07 Å². The first kappa shape index (κ1) is 14.1. The molecule has 0 fully saturated rings. The lowest BCUT2D eigenvalue weighted by molar-refractivity contribution is 0.0940. The van der Waals surface area contributed by atoms with Gasteiger partial charge in [-0.2, -0.15) is 5.26 Å². The summed E-state index contributed by atoms with van der Waals surface area (Å²) in [6.07, 6.45) is 0. The molecule has 0 aliphatic carbocycles. The van der Waals surface area contributed by atoms with E-state index < -0.39 is 0 Å². The zero-order chi connectivity index (χ0) is 14.5. The average molecular weight is 285 g/mol. The highest BCUT2D eigenvalue weighted by Crippen LogP contribution is 2.22. The second-order valence-corrected chi connectivity index (χ2v) is 4.81. The minimum absolute atomic E-state index is 0.188. The van der Waals surface area contributed by atoms with E-state index in [0.29, 0.717) is 16.1 Å². The van der Waals surface area contributed by atoms with Gasteiger partial charge in [0.25, 0.3) is 5.91 Å². The summed E-state index contributed by atoms with van der Waals surface area (Å²) in [5.41, 5.74) is 1.92. The molecule has 1 N–H and O–H groups in total. The Kier molecular flexibility index (Phi) is 4.39. The van der Waals surface area contributed by atoms with E-state index in [1.165, 1.54) is 0 Å². The van der Waals surface area contributed by atoms with Crippen LogP contribution in [0.15, 0.2) is 48.5 Å². The molecule has 100 valence electrons. The quantitative estimate of drug-likeness (QED) is 0.934. The van der Waals surface area contributed by atoms with Crippen LogP contribution < -0.4 is 5.32 Å². The number of carbonyl (C=O) groups is 1. The van der Waals surface area contributed by atoms with Crippen LogP contribution in [0.25, 0.3) is 0 Å². The standard InChI is InChI=1S/C16H13ClN2O/c1-11(14-4-2-3-5-15(14)17)19-16(20)13-8-6-12(10-18)7-9-13/h2-9,11H,1H3,(H,19,20)/t11-/m1/s1. The van der Waals surface area contributed by atoms with Crippen LogP contribution in [0.5, 0.6) is 0 Å². The van der Waals surface area contributed by atoms with Crippen molar-refractivity contribution >= 4 is 17.5 Å². The van der Waals surface area contributed by atoms with Crippen molar-refractivity contribution in [3.05, 3.63) is 70.2 Å². The van der Waals surface area contributed by atoms with E-state index in [4.69, 9.17) is 16.9 Å². The second kappa shape index (κ2) is 6.23. The molecule has 2 rings (SSSR count). The van der Waals surface area contributed by atoms with E-state index in [-0.39, 0.29) is 11.9 Å². The van der Waals surface area contributed by atoms with Crippen molar-refractivity contribution in [1.82, 2.24) is 5.32 Å². The van der Waals surface area contributed by atoms with Crippen LogP contribution in [0.3, 0.4) is 0 Å². The number of hydrogen-bond donors (Lipinski definition) is 1. The summed E-state index contributed by atoms with van der Waals surface area (Å²) in [5, 5.41) is 12.2. The van der Waals surface area contributed by atoms with Crippen LogP contribution >= 0.6 is 11.6 Å². The smallest absolute Gasteiger partial charge is 0.251 e. The highest BCUT2D eigenvalue weighted by atomic mass is 35.5. The van der Waals surface area contributed by atoms with Gasteiger partial charge < -0.3 is 5.32 Å². The molecule has 1 amide bonds. The van der Waals surface area contributed by atoms with Crippen molar-refractivity contribution in [2.45, 2.75) is 13.0 Å². The maximum absolute atomic E-state index is 12.1.